The summed E-state index contributed by atoms with van der Waals surface area (Å²) < 4.78 is 0. The van der Waals surface area contributed by atoms with Crippen LogP contribution in [0.3, 0.4) is 0 Å². The van der Waals surface area contributed by atoms with Crippen molar-refractivity contribution in [2.24, 2.45) is 0 Å². The van der Waals surface area contributed by atoms with Gasteiger partial charge >= 0.3 is 0 Å². The van der Waals surface area contributed by atoms with Crippen LogP contribution >= 0.6 is 23.4 Å². The van der Waals surface area contributed by atoms with Gasteiger partial charge in [0.1, 0.15) is 6.54 Å². The third-order valence-electron chi connectivity index (χ3n) is 5.04. The van der Waals surface area contributed by atoms with Crippen molar-refractivity contribution in [1.29, 1.82) is 0 Å². The molecule has 156 valence electrons. The number of aryl methyl sites for hydroxylation is 1. The number of hydrogen-bond acceptors (Lipinski definition) is 3. The predicted molar refractivity (Wildman–Crippen MR) is 127 cm³/mol. The second-order valence-corrected chi connectivity index (χ2v) is 8.69. The SMILES string of the molecule is Cc1ccccc1C=C1Sc2ccccc2N(CC(=O)NCc2ccccc2Cl)C1=O. The highest BCUT2D eigenvalue weighted by molar-refractivity contribution is 8.04. The first-order valence-corrected chi connectivity index (χ1v) is 11.1. The highest BCUT2D eigenvalue weighted by Crippen LogP contribution is 2.42. The van der Waals surface area contributed by atoms with E-state index in [-0.39, 0.29) is 18.4 Å². The second-order valence-electron chi connectivity index (χ2n) is 7.19. The van der Waals surface area contributed by atoms with Gasteiger partial charge < -0.3 is 5.32 Å². The zero-order chi connectivity index (χ0) is 21.8. The van der Waals surface area contributed by atoms with E-state index in [0.29, 0.717) is 16.5 Å². The van der Waals surface area contributed by atoms with Crippen LogP contribution in [0.1, 0.15) is 16.7 Å². The Bertz CT molecular complexity index is 1180. The van der Waals surface area contributed by atoms with Gasteiger partial charge in [0.2, 0.25) is 5.91 Å². The summed E-state index contributed by atoms with van der Waals surface area (Å²) in [6.07, 6.45) is 1.90. The van der Waals surface area contributed by atoms with Gasteiger partial charge in [-0.3, -0.25) is 14.5 Å². The van der Waals surface area contributed by atoms with Crippen LogP contribution in [-0.4, -0.2) is 18.4 Å². The molecule has 0 bridgehead atoms. The first-order chi connectivity index (χ1) is 15.0. The van der Waals surface area contributed by atoms with Crippen LogP contribution < -0.4 is 10.2 Å². The molecule has 0 radical (unpaired) electrons. The summed E-state index contributed by atoms with van der Waals surface area (Å²) in [6, 6.07) is 22.9. The molecule has 1 heterocycles. The second kappa shape index (κ2) is 9.41. The van der Waals surface area contributed by atoms with Gasteiger partial charge in [0.05, 0.1) is 10.6 Å². The Morgan fingerprint density at radius 1 is 1.03 bits per heavy atom. The van der Waals surface area contributed by atoms with E-state index in [1.807, 2.05) is 79.7 Å². The van der Waals surface area contributed by atoms with Crippen molar-refractivity contribution in [1.82, 2.24) is 5.32 Å². The molecule has 0 aliphatic carbocycles. The standard InChI is InChI=1S/C25H21ClN2O2S/c1-17-8-2-3-9-18(17)14-23-25(30)28(21-12-6-7-13-22(21)31-23)16-24(29)27-15-19-10-4-5-11-20(19)26/h2-14H,15-16H2,1H3,(H,27,29). The Morgan fingerprint density at radius 2 is 1.74 bits per heavy atom. The zero-order valence-electron chi connectivity index (χ0n) is 17.0. The van der Waals surface area contributed by atoms with Gasteiger partial charge in [-0.1, -0.05) is 78.0 Å². The average Bonchev–Trinajstić information content (AvgIpc) is 2.77. The maximum Gasteiger partial charge on any atom is 0.265 e. The smallest absolute Gasteiger partial charge is 0.265 e. The van der Waals surface area contributed by atoms with Crippen molar-refractivity contribution in [2.45, 2.75) is 18.4 Å². The van der Waals surface area contributed by atoms with Crippen LogP contribution in [0.4, 0.5) is 5.69 Å². The lowest BCUT2D eigenvalue weighted by molar-refractivity contribution is -0.122. The van der Waals surface area contributed by atoms with Crippen molar-refractivity contribution in [3.63, 3.8) is 0 Å². The zero-order valence-corrected chi connectivity index (χ0v) is 18.5. The van der Waals surface area contributed by atoms with E-state index in [9.17, 15) is 9.59 Å². The lowest BCUT2D eigenvalue weighted by Gasteiger charge is -2.30. The summed E-state index contributed by atoms with van der Waals surface area (Å²) in [5, 5.41) is 3.47. The number of anilines is 1. The van der Waals surface area contributed by atoms with Gasteiger partial charge in [0.25, 0.3) is 5.91 Å². The van der Waals surface area contributed by atoms with Crippen molar-refractivity contribution < 1.29 is 9.59 Å². The number of carbonyl (C=O) groups excluding carboxylic acids is 2. The molecule has 3 aromatic carbocycles. The van der Waals surface area contributed by atoms with Crippen LogP contribution in [-0.2, 0) is 16.1 Å². The van der Waals surface area contributed by atoms with Crippen molar-refractivity contribution >= 4 is 46.9 Å². The van der Waals surface area contributed by atoms with Gasteiger partial charge in [-0.2, -0.15) is 0 Å². The molecule has 1 N–H and O–H groups in total. The minimum Gasteiger partial charge on any atom is -0.350 e. The van der Waals surface area contributed by atoms with Gasteiger partial charge in [-0.05, 0) is 47.9 Å². The van der Waals surface area contributed by atoms with E-state index in [2.05, 4.69) is 5.32 Å². The molecular weight excluding hydrogens is 428 g/mol. The molecule has 0 atom stereocenters. The van der Waals surface area contributed by atoms with E-state index in [0.717, 1.165) is 27.3 Å². The highest BCUT2D eigenvalue weighted by Gasteiger charge is 2.30. The van der Waals surface area contributed by atoms with Crippen LogP contribution in [0, 0.1) is 6.92 Å². The molecule has 0 fully saturated rings. The maximum absolute atomic E-state index is 13.3. The topological polar surface area (TPSA) is 49.4 Å². The van der Waals surface area contributed by atoms with Crippen molar-refractivity contribution in [2.75, 3.05) is 11.4 Å². The van der Waals surface area contributed by atoms with Gasteiger partial charge in [0, 0.05) is 16.5 Å². The van der Waals surface area contributed by atoms with Crippen LogP contribution in [0.15, 0.2) is 82.6 Å². The summed E-state index contributed by atoms with van der Waals surface area (Å²) >= 11 is 7.60. The van der Waals surface area contributed by atoms with Crippen LogP contribution in [0.5, 0.6) is 0 Å². The van der Waals surface area contributed by atoms with Crippen molar-refractivity contribution in [3.8, 4) is 0 Å². The number of rotatable bonds is 5. The van der Waals surface area contributed by atoms with Gasteiger partial charge in [-0.15, -0.1) is 0 Å². The Morgan fingerprint density at radius 3 is 2.55 bits per heavy atom. The minimum absolute atomic E-state index is 0.0635. The lowest BCUT2D eigenvalue weighted by atomic mass is 10.1. The molecule has 31 heavy (non-hydrogen) atoms. The molecule has 1 aliphatic heterocycles. The Hall–Kier alpha value is -3.02. The van der Waals surface area contributed by atoms with Crippen LogP contribution in [0.2, 0.25) is 5.02 Å². The summed E-state index contributed by atoms with van der Waals surface area (Å²) in [4.78, 5) is 29.1. The quantitative estimate of drug-likeness (QED) is 0.528. The van der Waals surface area contributed by atoms with Gasteiger partial charge in [0.15, 0.2) is 0 Å². The minimum atomic E-state index is -0.245. The van der Waals surface area contributed by atoms with E-state index >= 15 is 0 Å². The number of carbonyl (C=O) groups is 2. The fraction of sp³-hybridized carbons (Fsp3) is 0.120. The summed E-state index contributed by atoms with van der Waals surface area (Å²) in [6.45, 7) is 2.26. The molecule has 0 aromatic heterocycles. The Kier molecular flexibility index (Phi) is 6.44. The maximum atomic E-state index is 13.3. The summed E-state index contributed by atoms with van der Waals surface area (Å²) in [5.74, 6) is -0.426. The van der Waals surface area contributed by atoms with E-state index < -0.39 is 0 Å². The molecule has 0 spiro atoms. The fourth-order valence-electron chi connectivity index (χ4n) is 3.34. The number of nitrogens with one attached hydrogen (secondary N) is 1. The number of thioether (sulfide) groups is 1. The largest absolute Gasteiger partial charge is 0.350 e. The van der Waals surface area contributed by atoms with Crippen molar-refractivity contribution in [3.05, 3.63) is 99.4 Å². The number of amides is 2. The molecular formula is C25H21ClN2O2S. The van der Waals surface area contributed by atoms with E-state index in [1.54, 1.807) is 6.07 Å². The molecule has 0 unspecified atom stereocenters. The third-order valence-corrected chi connectivity index (χ3v) is 6.49. The third kappa shape index (κ3) is 4.84. The van der Waals surface area contributed by atoms with E-state index in [4.69, 9.17) is 11.6 Å². The molecule has 6 heteroatoms. The Balaban J connectivity index is 1.57. The first kappa shape index (κ1) is 21.2. The number of para-hydroxylation sites is 1. The lowest BCUT2D eigenvalue weighted by Crippen LogP contribution is -2.42. The molecule has 3 aromatic rings. The normalized spacial score (nSPS) is 14.5. The van der Waals surface area contributed by atoms with Gasteiger partial charge in [-0.25, -0.2) is 0 Å². The number of halogens is 1. The number of hydrogen-bond donors (Lipinski definition) is 1. The molecule has 1 aliphatic rings. The highest BCUT2D eigenvalue weighted by atomic mass is 35.5. The molecule has 0 saturated heterocycles. The molecule has 2 amide bonds. The van der Waals surface area contributed by atoms with Crippen LogP contribution in [0.25, 0.3) is 6.08 Å². The average molecular weight is 449 g/mol. The fourth-order valence-corrected chi connectivity index (χ4v) is 4.60. The first-order valence-electron chi connectivity index (χ1n) is 9.89. The monoisotopic (exact) mass is 448 g/mol. The number of nitrogens with zero attached hydrogens (tertiary/aromatic N) is 1. The number of benzene rings is 3. The predicted octanol–water partition coefficient (Wildman–Crippen LogP) is 5.44. The van der Waals surface area contributed by atoms with E-state index in [1.165, 1.54) is 16.7 Å². The summed E-state index contributed by atoms with van der Waals surface area (Å²) in [5.41, 5.74) is 3.65. The number of fused-ring (bicyclic) bond motifs is 1. The molecule has 4 rings (SSSR count). The molecule has 0 saturated carbocycles. The molecule has 4 nitrogen and oxygen atoms in total. The summed E-state index contributed by atoms with van der Waals surface area (Å²) in [7, 11) is 0. The Labute approximate surface area is 190 Å².